The molecular formula is C22H33N3O5. The van der Waals surface area contributed by atoms with Gasteiger partial charge in [-0.3, -0.25) is 9.59 Å². The minimum Gasteiger partial charge on any atom is -0.497 e. The fraction of sp³-hybridized carbons (Fsp3) is 0.500. The Hall–Kier alpha value is -3.03. The Kier molecular flexibility index (Phi) is 7.48. The van der Waals surface area contributed by atoms with E-state index in [9.17, 15) is 14.4 Å². The van der Waals surface area contributed by atoms with Gasteiger partial charge in [0.15, 0.2) is 0 Å². The van der Waals surface area contributed by atoms with Crippen LogP contribution in [0.25, 0.3) is 10.9 Å². The average molecular weight is 420 g/mol. The number of Topliss-reactive ketones (excluding diaryl/α,β-unsaturated/α-hetero) is 1. The maximum atomic E-state index is 12.7. The number of nitrogens with zero attached hydrogens (tertiary/aromatic N) is 2. The van der Waals surface area contributed by atoms with Crippen LogP contribution in [-0.2, 0) is 9.53 Å². The number of fused-ring (bicyclic) bond motifs is 1. The molecule has 1 aliphatic heterocycles. The van der Waals surface area contributed by atoms with Gasteiger partial charge >= 0.3 is 6.09 Å². The van der Waals surface area contributed by atoms with E-state index >= 15 is 0 Å². The van der Waals surface area contributed by atoms with E-state index in [2.05, 4.69) is 4.98 Å². The molecule has 0 radical (unpaired) electrons. The zero-order valence-corrected chi connectivity index (χ0v) is 18.6. The fourth-order valence-corrected chi connectivity index (χ4v) is 3.10. The lowest BCUT2D eigenvalue weighted by Gasteiger charge is -2.35. The van der Waals surface area contributed by atoms with E-state index in [-0.39, 0.29) is 1.43 Å². The molecule has 2 heterocycles. The standard InChI is InChI=1S/C20H25N3O5.C2H6.H2/c1-20(2,3)28-19(26)23-9-7-22(8-10-23)18(25)17(24)15-12-21-16-11-13(27-4)5-6-14(15)16;1-2;/h5-6,11-12,21H,7-10H2,1-4H3;1-2H3;1H. The van der Waals surface area contributed by atoms with Crippen LogP contribution in [0.5, 0.6) is 5.75 Å². The lowest BCUT2D eigenvalue weighted by molar-refractivity contribution is -0.128. The maximum absolute atomic E-state index is 12.7. The average Bonchev–Trinajstić information content (AvgIpc) is 3.16. The molecule has 1 aromatic carbocycles. The highest BCUT2D eigenvalue weighted by Gasteiger charge is 2.31. The molecule has 0 spiro atoms. The quantitative estimate of drug-likeness (QED) is 0.605. The van der Waals surface area contributed by atoms with Gasteiger partial charge in [-0.05, 0) is 32.9 Å². The Morgan fingerprint density at radius 1 is 1.03 bits per heavy atom. The number of H-pyrrole nitrogens is 1. The number of ketones is 1. The third-order valence-electron chi connectivity index (χ3n) is 4.55. The number of aromatic amines is 1. The number of ether oxygens (including phenoxy) is 2. The van der Waals surface area contributed by atoms with Crippen LogP contribution in [0.4, 0.5) is 4.79 Å². The molecule has 0 unspecified atom stereocenters. The van der Waals surface area contributed by atoms with Gasteiger partial charge in [0.25, 0.3) is 11.7 Å². The minimum atomic E-state index is -0.571. The molecular weight excluding hydrogens is 386 g/mol. The fourth-order valence-electron chi connectivity index (χ4n) is 3.10. The van der Waals surface area contributed by atoms with Crippen LogP contribution in [0.3, 0.4) is 0 Å². The first-order chi connectivity index (χ1) is 14.2. The summed E-state index contributed by atoms with van der Waals surface area (Å²) in [6.07, 6.45) is 1.14. The predicted molar refractivity (Wildman–Crippen MR) is 117 cm³/mol. The SMILES string of the molecule is CC.COc1ccc2c(C(=O)C(=O)N3CCN(C(=O)OC(C)(C)C)CC3)c[nH]c2c1.[HH]. The molecule has 1 aromatic heterocycles. The molecule has 8 heteroatoms. The monoisotopic (exact) mass is 419 g/mol. The lowest BCUT2D eigenvalue weighted by Crippen LogP contribution is -2.53. The number of hydrogen-bond acceptors (Lipinski definition) is 5. The van der Waals surface area contributed by atoms with E-state index in [1.54, 1.807) is 57.2 Å². The maximum Gasteiger partial charge on any atom is 0.410 e. The molecule has 0 aliphatic carbocycles. The number of rotatable bonds is 3. The van der Waals surface area contributed by atoms with Gasteiger partial charge in [-0.2, -0.15) is 0 Å². The third kappa shape index (κ3) is 5.31. The van der Waals surface area contributed by atoms with Crippen molar-refractivity contribution in [2.24, 2.45) is 0 Å². The summed E-state index contributed by atoms with van der Waals surface area (Å²) in [7, 11) is 1.57. The van der Waals surface area contributed by atoms with Crippen molar-refractivity contribution in [1.82, 2.24) is 14.8 Å². The van der Waals surface area contributed by atoms with Crippen LogP contribution < -0.4 is 4.74 Å². The largest absolute Gasteiger partial charge is 0.497 e. The number of methoxy groups -OCH3 is 1. The Bertz CT molecular complexity index is 911. The molecule has 166 valence electrons. The Balaban J connectivity index is 0.00000156. The van der Waals surface area contributed by atoms with Crippen molar-refractivity contribution >= 4 is 28.7 Å². The second kappa shape index (κ2) is 9.65. The number of hydrogen-bond donors (Lipinski definition) is 1. The summed E-state index contributed by atoms with van der Waals surface area (Å²) in [6, 6.07) is 5.28. The van der Waals surface area contributed by atoms with E-state index < -0.39 is 23.4 Å². The van der Waals surface area contributed by atoms with Crippen molar-refractivity contribution in [2.75, 3.05) is 33.3 Å². The minimum absolute atomic E-state index is 0. The Morgan fingerprint density at radius 2 is 1.63 bits per heavy atom. The van der Waals surface area contributed by atoms with Crippen molar-refractivity contribution in [3.63, 3.8) is 0 Å². The summed E-state index contributed by atoms with van der Waals surface area (Å²) in [6.45, 7) is 10.7. The number of nitrogens with one attached hydrogen (secondary N) is 1. The highest BCUT2D eigenvalue weighted by atomic mass is 16.6. The van der Waals surface area contributed by atoms with E-state index in [1.165, 1.54) is 4.90 Å². The second-order valence-corrected chi connectivity index (χ2v) is 7.70. The zero-order valence-electron chi connectivity index (χ0n) is 18.6. The number of carbonyl (C=O) groups excluding carboxylic acids is 3. The number of piperazine rings is 1. The van der Waals surface area contributed by atoms with Gasteiger partial charge in [0, 0.05) is 50.8 Å². The molecule has 0 saturated carbocycles. The molecule has 2 aromatic rings. The lowest BCUT2D eigenvalue weighted by atomic mass is 10.1. The number of amides is 2. The summed E-state index contributed by atoms with van der Waals surface area (Å²) >= 11 is 0. The first-order valence-corrected chi connectivity index (χ1v) is 10.2. The molecule has 1 fully saturated rings. The first kappa shape index (κ1) is 23.3. The van der Waals surface area contributed by atoms with Gasteiger partial charge < -0.3 is 24.3 Å². The van der Waals surface area contributed by atoms with Crippen LogP contribution in [0.15, 0.2) is 24.4 Å². The van der Waals surface area contributed by atoms with Crippen molar-refractivity contribution < 1.29 is 25.3 Å². The second-order valence-electron chi connectivity index (χ2n) is 7.70. The van der Waals surface area contributed by atoms with Gasteiger partial charge in [-0.25, -0.2) is 4.79 Å². The molecule has 0 bridgehead atoms. The third-order valence-corrected chi connectivity index (χ3v) is 4.55. The Labute approximate surface area is 178 Å². The van der Waals surface area contributed by atoms with Crippen molar-refractivity contribution in [1.29, 1.82) is 0 Å². The molecule has 1 aliphatic rings. The highest BCUT2D eigenvalue weighted by molar-refractivity contribution is 6.44. The summed E-state index contributed by atoms with van der Waals surface area (Å²) < 4.78 is 10.5. The molecule has 0 atom stereocenters. The van der Waals surface area contributed by atoms with Gasteiger partial charge in [-0.15, -0.1) is 0 Å². The number of benzene rings is 1. The van der Waals surface area contributed by atoms with E-state index in [0.717, 1.165) is 5.52 Å². The van der Waals surface area contributed by atoms with Gasteiger partial charge in [0.05, 0.1) is 12.7 Å². The van der Waals surface area contributed by atoms with E-state index in [4.69, 9.17) is 9.47 Å². The van der Waals surface area contributed by atoms with Gasteiger partial charge in [-0.1, -0.05) is 13.8 Å². The zero-order chi connectivity index (χ0) is 22.5. The van der Waals surface area contributed by atoms with Gasteiger partial charge in [0.1, 0.15) is 11.4 Å². The smallest absolute Gasteiger partial charge is 0.410 e. The van der Waals surface area contributed by atoms with Crippen LogP contribution >= 0.6 is 0 Å². The van der Waals surface area contributed by atoms with Crippen LogP contribution in [0.1, 0.15) is 46.4 Å². The molecule has 30 heavy (non-hydrogen) atoms. The van der Waals surface area contributed by atoms with E-state index in [1.807, 2.05) is 13.8 Å². The summed E-state index contributed by atoms with van der Waals surface area (Å²) in [4.78, 5) is 43.6. The highest BCUT2D eigenvalue weighted by Crippen LogP contribution is 2.24. The molecule has 8 nitrogen and oxygen atoms in total. The molecule has 1 N–H and O–H groups in total. The van der Waals surface area contributed by atoms with Crippen molar-refractivity contribution in [2.45, 2.75) is 40.2 Å². The number of aromatic nitrogens is 1. The van der Waals surface area contributed by atoms with Crippen LogP contribution in [-0.4, -0.2) is 71.5 Å². The van der Waals surface area contributed by atoms with E-state index in [0.29, 0.717) is 42.9 Å². The summed E-state index contributed by atoms with van der Waals surface area (Å²) in [5.74, 6) is -0.472. The van der Waals surface area contributed by atoms with Crippen molar-refractivity contribution in [3.05, 3.63) is 30.0 Å². The topological polar surface area (TPSA) is 91.9 Å². The predicted octanol–water partition coefficient (Wildman–Crippen LogP) is 3.71. The summed E-state index contributed by atoms with van der Waals surface area (Å²) in [5, 5.41) is 0.673. The molecule has 3 rings (SSSR count). The first-order valence-electron chi connectivity index (χ1n) is 10.2. The molecule has 2 amide bonds. The number of carbonyl (C=O) groups is 3. The normalized spacial score (nSPS) is 14.1. The van der Waals surface area contributed by atoms with Crippen LogP contribution in [0, 0.1) is 0 Å². The summed E-state index contributed by atoms with van der Waals surface area (Å²) in [5.41, 5.74) is 0.486. The van der Waals surface area contributed by atoms with Gasteiger partial charge in [0.2, 0.25) is 0 Å². The molecule has 1 saturated heterocycles. The Morgan fingerprint density at radius 3 is 2.20 bits per heavy atom. The van der Waals surface area contributed by atoms with Crippen LogP contribution in [0.2, 0.25) is 0 Å². The van der Waals surface area contributed by atoms with Crippen molar-refractivity contribution in [3.8, 4) is 5.75 Å².